The predicted octanol–water partition coefficient (Wildman–Crippen LogP) is 3.69. The van der Waals surface area contributed by atoms with E-state index in [2.05, 4.69) is 0 Å². The number of rotatable bonds is 1. The Kier molecular flexibility index (Phi) is 4.92. The Morgan fingerprint density at radius 2 is 1.00 bits per heavy atom. The van der Waals surface area contributed by atoms with E-state index in [-0.39, 0.29) is 47.5 Å². The maximum Gasteiger partial charge on any atom is 0.157 e. The number of benzene rings is 4. The average Bonchev–Trinajstić information content (AvgIpc) is 3.33. The van der Waals surface area contributed by atoms with Crippen LogP contribution in [0.5, 0.6) is 46.0 Å². The van der Waals surface area contributed by atoms with E-state index in [1.807, 2.05) is 6.92 Å². The van der Waals surface area contributed by atoms with Gasteiger partial charge >= 0.3 is 0 Å². The zero-order chi connectivity index (χ0) is 30.2. The molecular formula is C33H28O10. The van der Waals surface area contributed by atoms with Crippen LogP contribution in [0.1, 0.15) is 69.5 Å². The summed E-state index contributed by atoms with van der Waals surface area (Å²) in [6.07, 6.45) is 0. The summed E-state index contributed by atoms with van der Waals surface area (Å²) >= 11 is 0. The number of phenolic OH excluding ortho intramolecular Hbond substituents is 6. The molecule has 0 bridgehead atoms. The van der Waals surface area contributed by atoms with Gasteiger partial charge in [-0.15, -0.1) is 0 Å². The van der Waals surface area contributed by atoms with Crippen LogP contribution in [0.15, 0.2) is 54.6 Å². The molecule has 43 heavy (non-hydrogen) atoms. The highest BCUT2D eigenvalue weighted by Crippen LogP contribution is 2.63. The van der Waals surface area contributed by atoms with Gasteiger partial charge in [0.2, 0.25) is 0 Å². The van der Waals surface area contributed by atoms with Crippen LogP contribution in [0.25, 0.3) is 0 Å². The summed E-state index contributed by atoms with van der Waals surface area (Å²) < 4.78 is 11.9. The molecule has 6 atom stereocenters. The molecule has 0 fully saturated rings. The van der Waals surface area contributed by atoms with Gasteiger partial charge in [-0.05, 0) is 58.7 Å². The normalized spacial score (nSPS) is 29.3. The van der Waals surface area contributed by atoms with Crippen molar-refractivity contribution < 1.29 is 50.3 Å². The van der Waals surface area contributed by atoms with Crippen LogP contribution in [-0.2, 0) is 0 Å². The second-order valence-corrected chi connectivity index (χ2v) is 12.2. The highest BCUT2D eigenvalue weighted by Gasteiger charge is 2.59. The number of aromatic hydroxyl groups is 6. The van der Waals surface area contributed by atoms with Crippen molar-refractivity contribution in [2.24, 2.45) is 0 Å². The third kappa shape index (κ3) is 3.19. The van der Waals surface area contributed by atoms with Gasteiger partial charge in [0, 0.05) is 52.5 Å². The summed E-state index contributed by atoms with van der Waals surface area (Å²) in [5, 5.41) is 87.5. The molecule has 0 amide bonds. The molecule has 220 valence electrons. The van der Waals surface area contributed by atoms with Gasteiger partial charge in [0.05, 0.1) is 0 Å². The molecule has 0 radical (unpaired) electrons. The monoisotopic (exact) mass is 584 g/mol. The van der Waals surface area contributed by atoms with Crippen molar-refractivity contribution in [1.29, 1.82) is 0 Å². The summed E-state index contributed by atoms with van der Waals surface area (Å²) in [4.78, 5) is 0. The fourth-order valence-electron chi connectivity index (χ4n) is 7.98. The van der Waals surface area contributed by atoms with E-state index in [0.717, 1.165) is 0 Å². The van der Waals surface area contributed by atoms with Crippen LogP contribution in [0.3, 0.4) is 0 Å². The second-order valence-electron chi connectivity index (χ2n) is 12.2. The topological polar surface area (TPSA) is 180 Å². The van der Waals surface area contributed by atoms with E-state index in [9.17, 15) is 40.9 Å². The van der Waals surface area contributed by atoms with Crippen molar-refractivity contribution in [1.82, 2.24) is 0 Å². The largest absolute Gasteiger partial charge is 0.508 e. The van der Waals surface area contributed by atoms with Crippen LogP contribution >= 0.6 is 0 Å². The Balaban J connectivity index is 1.36. The quantitative estimate of drug-likeness (QED) is 0.154. The SMILES string of the molecule is CC1c2cc(O)c(O)cc2C2c3cc(C4c5cc(O)c(O)cc5C5c6ccc(O)cc6OCC45O)c(O)cc3OCC12O. The summed E-state index contributed by atoms with van der Waals surface area (Å²) in [6.45, 7) is 1.49. The number of aliphatic hydroxyl groups is 2. The van der Waals surface area contributed by atoms with Crippen LogP contribution < -0.4 is 9.47 Å². The fraction of sp³-hybridized carbons (Fsp3) is 0.273. The molecule has 6 unspecified atom stereocenters. The standard InChI is InChI=1S/C33H28O10/c1-13-16-6-23(36)24(37)7-17(16)31-21-5-20(22(35)10-28(21)42-11-32(13,31)40)30-19-9-26(39)25(38)8-18(19)29-15-3-2-14(34)4-27(15)43-12-33(29,30)41/h2-10,13,29-31,34-41H,11-12H2,1H3. The van der Waals surface area contributed by atoms with Crippen LogP contribution in [0, 0.1) is 0 Å². The predicted molar refractivity (Wildman–Crippen MR) is 151 cm³/mol. The van der Waals surface area contributed by atoms with Crippen molar-refractivity contribution in [3.05, 3.63) is 93.5 Å². The van der Waals surface area contributed by atoms with Crippen molar-refractivity contribution in [3.8, 4) is 46.0 Å². The highest BCUT2D eigenvalue weighted by atomic mass is 16.5. The molecule has 0 aromatic heterocycles. The molecular weight excluding hydrogens is 556 g/mol. The Morgan fingerprint density at radius 1 is 0.512 bits per heavy atom. The Morgan fingerprint density at radius 3 is 1.63 bits per heavy atom. The Hall–Kier alpha value is -4.80. The first-order valence-electron chi connectivity index (χ1n) is 13.9. The van der Waals surface area contributed by atoms with Crippen LogP contribution in [-0.4, -0.2) is 65.3 Å². The second kappa shape index (κ2) is 8.18. The molecule has 0 saturated heterocycles. The number of hydrogen-bond acceptors (Lipinski definition) is 10. The van der Waals surface area contributed by atoms with Crippen molar-refractivity contribution >= 4 is 0 Å². The lowest BCUT2D eigenvalue weighted by atomic mass is 9.72. The molecule has 0 saturated carbocycles. The molecule has 10 nitrogen and oxygen atoms in total. The number of fused-ring (bicyclic) bond motifs is 10. The summed E-state index contributed by atoms with van der Waals surface area (Å²) in [6, 6.07) is 13.3. The van der Waals surface area contributed by atoms with Gasteiger partial charge < -0.3 is 50.3 Å². The summed E-state index contributed by atoms with van der Waals surface area (Å²) in [5.41, 5.74) is 0.440. The first-order valence-corrected chi connectivity index (χ1v) is 13.9. The van der Waals surface area contributed by atoms with Gasteiger partial charge in [0.25, 0.3) is 0 Å². The number of hydrogen-bond donors (Lipinski definition) is 8. The minimum atomic E-state index is -1.70. The lowest BCUT2D eigenvalue weighted by molar-refractivity contribution is -0.0399. The van der Waals surface area contributed by atoms with Gasteiger partial charge in [-0.1, -0.05) is 13.0 Å². The Bertz CT molecular complexity index is 1880. The molecule has 4 aromatic rings. The maximum absolute atomic E-state index is 12.5. The lowest BCUT2D eigenvalue weighted by Crippen LogP contribution is -2.47. The molecule has 4 aliphatic rings. The van der Waals surface area contributed by atoms with Gasteiger partial charge in [-0.25, -0.2) is 0 Å². The van der Waals surface area contributed by atoms with E-state index in [1.54, 1.807) is 12.1 Å². The fourth-order valence-corrected chi connectivity index (χ4v) is 7.98. The van der Waals surface area contributed by atoms with Crippen molar-refractivity contribution in [2.45, 2.75) is 41.8 Å². The third-order valence-corrected chi connectivity index (χ3v) is 10.0. The first kappa shape index (κ1) is 25.9. The first-order chi connectivity index (χ1) is 20.4. The maximum atomic E-state index is 12.5. The molecule has 0 spiro atoms. The highest BCUT2D eigenvalue weighted by molar-refractivity contribution is 5.67. The van der Waals surface area contributed by atoms with Crippen LogP contribution in [0.4, 0.5) is 0 Å². The minimum absolute atomic E-state index is 0.0160. The van der Waals surface area contributed by atoms with Gasteiger partial charge in [0.1, 0.15) is 47.4 Å². The molecule has 10 heteroatoms. The van der Waals surface area contributed by atoms with E-state index in [4.69, 9.17) is 9.47 Å². The lowest BCUT2D eigenvalue weighted by Gasteiger charge is -2.42. The zero-order valence-electron chi connectivity index (χ0n) is 22.8. The van der Waals surface area contributed by atoms with Crippen molar-refractivity contribution in [2.75, 3.05) is 13.2 Å². The number of ether oxygens (including phenoxy) is 2. The summed E-state index contributed by atoms with van der Waals surface area (Å²) in [5.74, 6) is -3.82. The minimum Gasteiger partial charge on any atom is -0.508 e. The molecule has 2 aliphatic carbocycles. The van der Waals surface area contributed by atoms with E-state index in [0.29, 0.717) is 44.9 Å². The van der Waals surface area contributed by atoms with Crippen LogP contribution in [0.2, 0.25) is 0 Å². The van der Waals surface area contributed by atoms with E-state index < -0.39 is 40.6 Å². The third-order valence-electron chi connectivity index (χ3n) is 10.0. The molecule has 2 aliphatic heterocycles. The molecule has 8 rings (SSSR count). The van der Waals surface area contributed by atoms with Gasteiger partial charge in [0.15, 0.2) is 23.0 Å². The molecule has 8 N–H and O–H groups in total. The van der Waals surface area contributed by atoms with Gasteiger partial charge in [-0.2, -0.15) is 0 Å². The molecule has 2 heterocycles. The van der Waals surface area contributed by atoms with Crippen molar-refractivity contribution in [3.63, 3.8) is 0 Å². The van der Waals surface area contributed by atoms with E-state index in [1.165, 1.54) is 42.5 Å². The van der Waals surface area contributed by atoms with E-state index >= 15 is 0 Å². The number of phenols is 6. The molecule has 4 aromatic carbocycles. The van der Waals surface area contributed by atoms with Gasteiger partial charge in [-0.3, -0.25) is 0 Å². The smallest absolute Gasteiger partial charge is 0.157 e. The Labute approximate surface area is 244 Å². The average molecular weight is 585 g/mol. The zero-order valence-corrected chi connectivity index (χ0v) is 22.8. The summed E-state index contributed by atoms with van der Waals surface area (Å²) in [7, 11) is 0.